The standard InChI is InChI=1S/C20H19NO4/c1-14(2)13-25-18-11-7-6-10-16(18)12-17(20(23)24)21-19(22)15-8-4-3-5-9-15/h3-12H,1,13H2,2H3,(H,21,22)(H,23,24)/b17-12+. The van der Waals surface area contributed by atoms with Crippen LogP contribution in [0.25, 0.3) is 6.08 Å². The summed E-state index contributed by atoms with van der Waals surface area (Å²) in [6.45, 7) is 5.93. The number of carboxylic acid groups (broad SMARTS) is 1. The normalized spacial score (nSPS) is 10.8. The zero-order valence-corrected chi connectivity index (χ0v) is 13.9. The minimum Gasteiger partial charge on any atom is -0.489 e. The van der Waals surface area contributed by atoms with E-state index in [9.17, 15) is 14.7 Å². The third-order valence-electron chi connectivity index (χ3n) is 3.21. The van der Waals surface area contributed by atoms with Crippen molar-refractivity contribution in [1.82, 2.24) is 5.32 Å². The van der Waals surface area contributed by atoms with Gasteiger partial charge in [-0.1, -0.05) is 43.0 Å². The molecule has 0 saturated carbocycles. The minimum absolute atomic E-state index is 0.236. The van der Waals surface area contributed by atoms with Crippen LogP contribution in [0.2, 0.25) is 0 Å². The Morgan fingerprint density at radius 1 is 1.12 bits per heavy atom. The van der Waals surface area contributed by atoms with E-state index in [0.29, 0.717) is 23.5 Å². The van der Waals surface area contributed by atoms with Crippen molar-refractivity contribution in [2.75, 3.05) is 6.61 Å². The first-order valence-corrected chi connectivity index (χ1v) is 7.65. The Morgan fingerprint density at radius 2 is 1.76 bits per heavy atom. The van der Waals surface area contributed by atoms with Gasteiger partial charge in [-0.15, -0.1) is 0 Å². The predicted molar refractivity (Wildman–Crippen MR) is 96.3 cm³/mol. The number of nitrogens with one attached hydrogen (secondary N) is 1. The predicted octanol–water partition coefficient (Wildman–Crippen LogP) is 3.50. The van der Waals surface area contributed by atoms with Crippen molar-refractivity contribution in [3.8, 4) is 5.75 Å². The number of carboxylic acids is 1. The SMILES string of the molecule is C=C(C)COc1ccccc1/C=C(/NC(=O)c1ccccc1)C(=O)O. The van der Waals surface area contributed by atoms with Crippen molar-refractivity contribution in [3.63, 3.8) is 0 Å². The molecular weight excluding hydrogens is 318 g/mol. The van der Waals surface area contributed by atoms with Gasteiger partial charge >= 0.3 is 5.97 Å². The lowest BCUT2D eigenvalue weighted by atomic mass is 10.1. The first-order valence-electron chi connectivity index (χ1n) is 7.65. The van der Waals surface area contributed by atoms with E-state index >= 15 is 0 Å². The van der Waals surface area contributed by atoms with Gasteiger partial charge in [0, 0.05) is 11.1 Å². The number of carbonyl (C=O) groups excluding carboxylic acids is 1. The molecule has 0 aliphatic heterocycles. The lowest BCUT2D eigenvalue weighted by Crippen LogP contribution is -2.27. The van der Waals surface area contributed by atoms with Crippen LogP contribution in [0.5, 0.6) is 5.75 Å². The van der Waals surface area contributed by atoms with Gasteiger partial charge in [0.05, 0.1) is 0 Å². The fourth-order valence-electron chi connectivity index (χ4n) is 2.02. The summed E-state index contributed by atoms with van der Waals surface area (Å²) in [7, 11) is 0. The van der Waals surface area contributed by atoms with Crippen LogP contribution in [-0.4, -0.2) is 23.6 Å². The molecule has 0 spiro atoms. The van der Waals surface area contributed by atoms with E-state index in [4.69, 9.17) is 4.74 Å². The summed E-state index contributed by atoms with van der Waals surface area (Å²) in [5.74, 6) is -1.22. The van der Waals surface area contributed by atoms with E-state index in [-0.39, 0.29) is 5.70 Å². The first kappa shape index (κ1) is 18.0. The van der Waals surface area contributed by atoms with Gasteiger partial charge < -0.3 is 15.2 Å². The Bertz CT molecular complexity index is 809. The molecular formula is C20H19NO4. The molecule has 1 amide bonds. The average Bonchev–Trinajstić information content (AvgIpc) is 2.60. The summed E-state index contributed by atoms with van der Waals surface area (Å²) in [6.07, 6.45) is 1.37. The van der Waals surface area contributed by atoms with Gasteiger partial charge in [-0.25, -0.2) is 4.79 Å². The number of para-hydroxylation sites is 1. The summed E-state index contributed by atoms with van der Waals surface area (Å²) in [5.41, 5.74) is 1.53. The zero-order chi connectivity index (χ0) is 18.2. The molecule has 2 N–H and O–H groups in total. The molecule has 2 rings (SSSR count). The molecule has 2 aromatic carbocycles. The maximum Gasteiger partial charge on any atom is 0.352 e. The highest BCUT2D eigenvalue weighted by atomic mass is 16.5. The third-order valence-corrected chi connectivity index (χ3v) is 3.21. The van der Waals surface area contributed by atoms with Crippen LogP contribution in [0.15, 0.2) is 72.4 Å². The number of hydrogen-bond donors (Lipinski definition) is 2. The number of carbonyl (C=O) groups is 2. The van der Waals surface area contributed by atoms with Gasteiger partial charge in [0.1, 0.15) is 18.1 Å². The molecule has 2 aromatic rings. The number of ether oxygens (including phenoxy) is 1. The van der Waals surface area contributed by atoms with Crippen LogP contribution in [-0.2, 0) is 4.79 Å². The molecule has 128 valence electrons. The Balaban J connectivity index is 2.27. The van der Waals surface area contributed by atoms with Crippen molar-refractivity contribution in [2.45, 2.75) is 6.92 Å². The third kappa shape index (κ3) is 5.35. The second kappa shape index (κ2) is 8.49. The Kier molecular flexibility index (Phi) is 6.12. The Morgan fingerprint density at radius 3 is 2.40 bits per heavy atom. The Hall–Kier alpha value is -3.34. The molecule has 0 aliphatic carbocycles. The van der Waals surface area contributed by atoms with E-state index in [1.807, 2.05) is 6.92 Å². The molecule has 0 unspecified atom stereocenters. The van der Waals surface area contributed by atoms with Crippen molar-refractivity contribution in [1.29, 1.82) is 0 Å². The second-order valence-corrected chi connectivity index (χ2v) is 5.47. The highest BCUT2D eigenvalue weighted by molar-refractivity contribution is 6.02. The summed E-state index contributed by atoms with van der Waals surface area (Å²) in [4.78, 5) is 23.7. The lowest BCUT2D eigenvalue weighted by molar-refractivity contribution is -0.132. The Labute approximate surface area is 146 Å². The van der Waals surface area contributed by atoms with E-state index < -0.39 is 11.9 Å². The molecule has 25 heavy (non-hydrogen) atoms. The molecule has 0 aromatic heterocycles. The number of hydrogen-bond acceptors (Lipinski definition) is 3. The highest BCUT2D eigenvalue weighted by Gasteiger charge is 2.14. The van der Waals surface area contributed by atoms with Crippen LogP contribution < -0.4 is 10.1 Å². The van der Waals surface area contributed by atoms with E-state index in [2.05, 4.69) is 11.9 Å². The number of aliphatic carboxylic acids is 1. The fraction of sp³-hybridized carbons (Fsp3) is 0.100. The molecule has 0 saturated heterocycles. The highest BCUT2D eigenvalue weighted by Crippen LogP contribution is 2.21. The van der Waals surface area contributed by atoms with Gasteiger partial charge in [-0.2, -0.15) is 0 Å². The zero-order valence-electron chi connectivity index (χ0n) is 13.9. The van der Waals surface area contributed by atoms with Crippen LogP contribution in [0, 0.1) is 0 Å². The summed E-state index contributed by atoms with van der Waals surface area (Å²) < 4.78 is 5.62. The van der Waals surface area contributed by atoms with E-state index in [1.165, 1.54) is 6.08 Å². The largest absolute Gasteiger partial charge is 0.489 e. The van der Waals surface area contributed by atoms with Crippen molar-refractivity contribution in [2.24, 2.45) is 0 Å². The maximum atomic E-state index is 12.2. The summed E-state index contributed by atoms with van der Waals surface area (Å²) in [6, 6.07) is 15.4. The molecule has 0 radical (unpaired) electrons. The molecule has 5 heteroatoms. The maximum absolute atomic E-state index is 12.2. The van der Waals surface area contributed by atoms with Gasteiger partial charge in [-0.05, 0) is 36.8 Å². The van der Waals surface area contributed by atoms with Crippen LogP contribution in [0.3, 0.4) is 0 Å². The van der Waals surface area contributed by atoms with Gasteiger partial charge in [0.15, 0.2) is 0 Å². The molecule has 0 fully saturated rings. The number of rotatable bonds is 7. The quantitative estimate of drug-likeness (QED) is 0.599. The van der Waals surface area contributed by atoms with Crippen molar-refractivity contribution >= 4 is 18.0 Å². The van der Waals surface area contributed by atoms with Crippen LogP contribution >= 0.6 is 0 Å². The summed E-state index contributed by atoms with van der Waals surface area (Å²) in [5, 5.41) is 11.8. The van der Waals surface area contributed by atoms with Gasteiger partial charge in [-0.3, -0.25) is 4.79 Å². The molecule has 0 heterocycles. The van der Waals surface area contributed by atoms with Gasteiger partial charge in [0.25, 0.3) is 5.91 Å². The monoisotopic (exact) mass is 337 g/mol. The average molecular weight is 337 g/mol. The fourth-order valence-corrected chi connectivity index (χ4v) is 2.02. The first-order chi connectivity index (χ1) is 12.0. The van der Waals surface area contributed by atoms with Crippen LogP contribution in [0.1, 0.15) is 22.8 Å². The molecule has 0 bridgehead atoms. The number of amides is 1. The van der Waals surface area contributed by atoms with Gasteiger partial charge in [0.2, 0.25) is 0 Å². The number of benzene rings is 2. The van der Waals surface area contributed by atoms with Crippen molar-refractivity contribution in [3.05, 3.63) is 83.6 Å². The van der Waals surface area contributed by atoms with Crippen molar-refractivity contribution < 1.29 is 19.4 Å². The lowest BCUT2D eigenvalue weighted by Gasteiger charge is -2.10. The topological polar surface area (TPSA) is 75.6 Å². The van der Waals surface area contributed by atoms with Crippen LogP contribution in [0.4, 0.5) is 0 Å². The minimum atomic E-state index is -1.24. The molecule has 5 nitrogen and oxygen atoms in total. The molecule has 0 aliphatic rings. The van der Waals surface area contributed by atoms with E-state index in [0.717, 1.165) is 5.57 Å². The molecule has 0 atom stereocenters. The smallest absolute Gasteiger partial charge is 0.352 e. The van der Waals surface area contributed by atoms with E-state index in [1.54, 1.807) is 54.6 Å². The summed E-state index contributed by atoms with van der Waals surface area (Å²) >= 11 is 0. The second-order valence-electron chi connectivity index (χ2n) is 5.47.